The van der Waals surface area contributed by atoms with Crippen molar-refractivity contribution in [2.75, 3.05) is 0 Å². The van der Waals surface area contributed by atoms with Gasteiger partial charge in [-0.05, 0) is 38.5 Å². The maximum atomic E-state index is 12.2. The predicted molar refractivity (Wildman–Crippen MR) is 96.4 cm³/mol. The second-order valence-corrected chi connectivity index (χ2v) is 6.93. The van der Waals surface area contributed by atoms with E-state index in [9.17, 15) is 4.79 Å². The van der Waals surface area contributed by atoms with Gasteiger partial charge < -0.3 is 4.74 Å². The fourth-order valence-electron chi connectivity index (χ4n) is 2.41. The highest BCUT2D eigenvalue weighted by Gasteiger charge is 2.18. The number of alkyl halides is 1. The average Bonchev–Trinajstić information content (AvgIpc) is 2.96. The molecule has 3 rings (SSSR count). The van der Waals surface area contributed by atoms with Crippen LogP contribution in [0.25, 0.3) is 21.9 Å². The smallest absolute Gasteiger partial charge is 0.418 e. The molecule has 0 radical (unpaired) electrons. The van der Waals surface area contributed by atoms with Crippen molar-refractivity contribution in [1.82, 2.24) is 9.55 Å². The highest BCUT2D eigenvalue weighted by atomic mass is 35.5. The Kier molecular flexibility index (Phi) is 4.33. The van der Waals surface area contributed by atoms with Crippen molar-refractivity contribution in [1.29, 1.82) is 0 Å². The predicted octanol–water partition coefficient (Wildman–Crippen LogP) is 5.23. The number of nitrogens with zero attached hydrogens (tertiary/aromatic N) is 2. The molecule has 0 aliphatic rings. The molecule has 0 aliphatic carbocycles. The number of aromatic nitrogens is 2. The zero-order valence-electron chi connectivity index (χ0n) is 13.9. The highest BCUT2D eigenvalue weighted by Crippen LogP contribution is 2.25. The lowest BCUT2D eigenvalue weighted by atomic mass is 10.1. The molecule has 0 saturated carbocycles. The largest absolute Gasteiger partial charge is 0.443 e. The van der Waals surface area contributed by atoms with Crippen molar-refractivity contribution in [3.63, 3.8) is 0 Å². The molecule has 0 unspecified atom stereocenters. The molecule has 0 atom stereocenters. The van der Waals surface area contributed by atoms with Gasteiger partial charge in [-0.15, -0.1) is 11.6 Å². The molecule has 0 saturated heterocycles. The molecule has 1 aromatic carbocycles. The first kappa shape index (κ1) is 16.5. The van der Waals surface area contributed by atoms with Crippen molar-refractivity contribution in [3.05, 3.63) is 54.6 Å². The molecule has 0 fully saturated rings. The van der Waals surface area contributed by atoms with Crippen LogP contribution in [0.2, 0.25) is 0 Å². The number of carbonyl (C=O) groups excluding carboxylic acids is 1. The van der Waals surface area contributed by atoms with E-state index in [1.165, 1.54) is 4.57 Å². The maximum absolute atomic E-state index is 12.2. The van der Waals surface area contributed by atoms with Crippen molar-refractivity contribution < 1.29 is 9.53 Å². The van der Waals surface area contributed by atoms with Gasteiger partial charge in [0.15, 0.2) is 0 Å². The van der Waals surface area contributed by atoms with Crippen molar-refractivity contribution in [2.24, 2.45) is 0 Å². The Bertz CT molecular complexity index is 877. The average molecular weight is 343 g/mol. The van der Waals surface area contributed by atoms with Crippen LogP contribution in [0.3, 0.4) is 0 Å². The molecule has 2 heterocycles. The van der Waals surface area contributed by atoms with E-state index in [4.69, 9.17) is 16.3 Å². The van der Waals surface area contributed by atoms with Crippen LogP contribution in [0.15, 0.2) is 48.9 Å². The molecule has 24 heavy (non-hydrogen) atoms. The van der Waals surface area contributed by atoms with Crippen LogP contribution in [-0.2, 0) is 10.6 Å². The summed E-state index contributed by atoms with van der Waals surface area (Å²) >= 11 is 5.77. The zero-order valence-corrected chi connectivity index (χ0v) is 14.7. The third kappa shape index (κ3) is 3.60. The number of hydrogen-bond donors (Lipinski definition) is 0. The molecule has 124 valence electrons. The van der Waals surface area contributed by atoms with Gasteiger partial charge >= 0.3 is 6.09 Å². The number of carbonyl (C=O) groups is 1. The van der Waals surface area contributed by atoms with Crippen LogP contribution in [0, 0.1) is 0 Å². The third-order valence-corrected chi connectivity index (χ3v) is 3.82. The van der Waals surface area contributed by atoms with Crippen molar-refractivity contribution in [3.8, 4) is 11.1 Å². The molecule has 0 spiro atoms. The minimum atomic E-state index is -0.519. The summed E-state index contributed by atoms with van der Waals surface area (Å²) in [7, 11) is 0. The number of pyridine rings is 1. The maximum Gasteiger partial charge on any atom is 0.418 e. The van der Waals surface area contributed by atoms with Gasteiger partial charge in [-0.1, -0.05) is 18.2 Å². The van der Waals surface area contributed by atoms with E-state index in [2.05, 4.69) is 4.98 Å². The molecule has 0 amide bonds. The van der Waals surface area contributed by atoms with E-state index in [-0.39, 0.29) is 6.09 Å². The summed E-state index contributed by atoms with van der Waals surface area (Å²) in [5.41, 5.74) is 2.38. The van der Waals surface area contributed by atoms with E-state index in [0.29, 0.717) is 5.88 Å². The summed E-state index contributed by atoms with van der Waals surface area (Å²) in [5, 5.41) is 1.95. The molecule has 0 aliphatic heterocycles. The van der Waals surface area contributed by atoms with Crippen LogP contribution < -0.4 is 0 Å². The molecule has 0 N–H and O–H groups in total. The first-order valence-electron chi connectivity index (χ1n) is 7.72. The van der Waals surface area contributed by atoms with Gasteiger partial charge in [-0.2, -0.15) is 0 Å². The molecule has 2 aromatic heterocycles. The fraction of sp³-hybridized carbons (Fsp3) is 0.263. The lowest BCUT2D eigenvalue weighted by molar-refractivity contribution is 0.0538. The number of hydrogen-bond acceptors (Lipinski definition) is 3. The molecule has 3 aromatic rings. The van der Waals surface area contributed by atoms with E-state index in [1.807, 2.05) is 57.3 Å². The molecular formula is C19H19ClN2O2. The normalized spacial score (nSPS) is 11.7. The molecule has 0 bridgehead atoms. The zero-order chi connectivity index (χ0) is 17.3. The Hall–Kier alpha value is -2.33. The van der Waals surface area contributed by atoms with E-state index >= 15 is 0 Å². The van der Waals surface area contributed by atoms with Gasteiger partial charge in [0.05, 0.1) is 11.6 Å². The number of benzene rings is 1. The quantitative estimate of drug-likeness (QED) is 0.599. The number of ether oxygens (including phenoxy) is 1. The van der Waals surface area contributed by atoms with Crippen LogP contribution >= 0.6 is 11.6 Å². The Labute approximate surface area is 146 Å². The van der Waals surface area contributed by atoms with Gasteiger partial charge in [0, 0.05) is 34.9 Å². The summed E-state index contributed by atoms with van der Waals surface area (Å²) in [5.74, 6) is 0.401. The summed E-state index contributed by atoms with van der Waals surface area (Å²) < 4.78 is 6.88. The molecular weight excluding hydrogens is 324 g/mol. The molecule has 5 heteroatoms. The van der Waals surface area contributed by atoms with Crippen LogP contribution in [0.1, 0.15) is 26.5 Å². The minimum Gasteiger partial charge on any atom is -0.443 e. The standard InChI is InChI=1S/C19H19ClN2O2/c1-19(2,3)24-18(23)22-11-15-5-4-13(8-16(15)12-22)14-6-7-17(9-20)21-10-14/h4-8,10-12H,9H2,1-3H3. The number of rotatable bonds is 2. The lowest BCUT2D eigenvalue weighted by Gasteiger charge is -2.19. The summed E-state index contributed by atoms with van der Waals surface area (Å²) in [4.78, 5) is 16.5. The van der Waals surface area contributed by atoms with E-state index in [0.717, 1.165) is 27.6 Å². The van der Waals surface area contributed by atoms with Gasteiger partial charge in [-0.25, -0.2) is 4.79 Å². The van der Waals surface area contributed by atoms with Gasteiger partial charge in [-0.3, -0.25) is 9.55 Å². The van der Waals surface area contributed by atoms with E-state index < -0.39 is 5.60 Å². The second kappa shape index (κ2) is 6.29. The highest BCUT2D eigenvalue weighted by molar-refractivity contribution is 6.16. The Morgan fingerprint density at radius 3 is 2.46 bits per heavy atom. The SMILES string of the molecule is CC(C)(C)OC(=O)n1cc2ccc(-c3ccc(CCl)nc3)cc2c1. The monoisotopic (exact) mass is 342 g/mol. The van der Waals surface area contributed by atoms with Crippen LogP contribution in [0.5, 0.6) is 0 Å². The summed E-state index contributed by atoms with van der Waals surface area (Å²) in [6.45, 7) is 5.55. The second-order valence-electron chi connectivity index (χ2n) is 6.66. The summed E-state index contributed by atoms with van der Waals surface area (Å²) in [6.07, 6.45) is 4.99. The number of fused-ring (bicyclic) bond motifs is 1. The van der Waals surface area contributed by atoms with Gasteiger partial charge in [0.2, 0.25) is 0 Å². The van der Waals surface area contributed by atoms with Crippen molar-refractivity contribution in [2.45, 2.75) is 32.3 Å². The topological polar surface area (TPSA) is 44.1 Å². The first-order valence-corrected chi connectivity index (χ1v) is 8.25. The summed E-state index contributed by atoms with van der Waals surface area (Å²) in [6, 6.07) is 9.95. The molecule has 4 nitrogen and oxygen atoms in total. The number of halogens is 1. The minimum absolute atomic E-state index is 0.381. The van der Waals surface area contributed by atoms with Crippen LogP contribution in [0.4, 0.5) is 4.79 Å². The van der Waals surface area contributed by atoms with E-state index in [1.54, 1.807) is 12.4 Å². The van der Waals surface area contributed by atoms with Crippen LogP contribution in [-0.4, -0.2) is 21.2 Å². The van der Waals surface area contributed by atoms with Crippen molar-refractivity contribution >= 4 is 28.5 Å². The Morgan fingerprint density at radius 1 is 1.12 bits per heavy atom. The third-order valence-electron chi connectivity index (χ3n) is 3.54. The first-order chi connectivity index (χ1) is 11.4. The Balaban J connectivity index is 1.92. The van der Waals surface area contributed by atoms with Gasteiger partial charge in [0.1, 0.15) is 5.60 Å². The van der Waals surface area contributed by atoms with Gasteiger partial charge in [0.25, 0.3) is 0 Å². The fourth-order valence-corrected chi connectivity index (χ4v) is 2.57. The Morgan fingerprint density at radius 2 is 1.83 bits per heavy atom. The lowest BCUT2D eigenvalue weighted by Crippen LogP contribution is -2.26.